The van der Waals surface area contributed by atoms with Crippen molar-refractivity contribution in [3.8, 4) is 0 Å². The summed E-state index contributed by atoms with van der Waals surface area (Å²) in [6.45, 7) is 8.97. The highest BCUT2D eigenvalue weighted by molar-refractivity contribution is 5.97. The first kappa shape index (κ1) is 14.5. The quantitative estimate of drug-likeness (QED) is 0.813. The number of nitrogens with two attached hydrogens (primary N) is 1. The van der Waals surface area contributed by atoms with E-state index in [1.807, 2.05) is 13.8 Å². The third kappa shape index (κ3) is 3.24. The summed E-state index contributed by atoms with van der Waals surface area (Å²) in [6.07, 6.45) is 3.80. The number of nitrogens with zero attached hydrogens (tertiary/aromatic N) is 2. The standard InChI is InChI=1S/C13H24N4O/c1-5-10(6-2)9(4)15-13(18)12-11(14)8-17(7-3)16-12/h8-10H,5-7,14H2,1-4H3,(H,15,18). The van der Waals surface area contributed by atoms with Crippen LogP contribution in [0.5, 0.6) is 0 Å². The zero-order valence-electron chi connectivity index (χ0n) is 11.7. The summed E-state index contributed by atoms with van der Waals surface area (Å²) < 4.78 is 1.67. The first-order valence-corrected chi connectivity index (χ1v) is 6.67. The zero-order valence-corrected chi connectivity index (χ0v) is 11.7. The molecule has 18 heavy (non-hydrogen) atoms. The molecule has 5 nitrogen and oxygen atoms in total. The average molecular weight is 252 g/mol. The van der Waals surface area contributed by atoms with Crippen molar-refractivity contribution in [2.75, 3.05) is 5.73 Å². The van der Waals surface area contributed by atoms with Gasteiger partial charge >= 0.3 is 0 Å². The van der Waals surface area contributed by atoms with Gasteiger partial charge in [-0.15, -0.1) is 0 Å². The van der Waals surface area contributed by atoms with Gasteiger partial charge in [0.25, 0.3) is 5.91 Å². The topological polar surface area (TPSA) is 72.9 Å². The van der Waals surface area contributed by atoms with E-state index in [0.717, 1.165) is 12.8 Å². The Kier molecular flexibility index (Phi) is 5.19. The van der Waals surface area contributed by atoms with Gasteiger partial charge in [0.15, 0.2) is 5.69 Å². The molecule has 1 aromatic rings. The predicted molar refractivity (Wildman–Crippen MR) is 73.3 cm³/mol. The van der Waals surface area contributed by atoms with Crippen LogP contribution in [0.1, 0.15) is 51.0 Å². The largest absolute Gasteiger partial charge is 0.396 e. The van der Waals surface area contributed by atoms with E-state index in [0.29, 0.717) is 23.8 Å². The van der Waals surface area contributed by atoms with Crippen LogP contribution in [0, 0.1) is 5.92 Å². The van der Waals surface area contributed by atoms with Gasteiger partial charge in [-0.3, -0.25) is 9.48 Å². The van der Waals surface area contributed by atoms with Crippen molar-refractivity contribution < 1.29 is 4.79 Å². The lowest BCUT2D eigenvalue weighted by molar-refractivity contribution is 0.0920. The zero-order chi connectivity index (χ0) is 13.7. The van der Waals surface area contributed by atoms with Gasteiger partial charge in [0.1, 0.15) is 0 Å². The molecule has 1 amide bonds. The van der Waals surface area contributed by atoms with Crippen molar-refractivity contribution in [3.05, 3.63) is 11.9 Å². The number of nitrogen functional groups attached to an aromatic ring is 1. The van der Waals surface area contributed by atoms with Crippen LogP contribution < -0.4 is 11.1 Å². The minimum absolute atomic E-state index is 0.138. The van der Waals surface area contributed by atoms with Crippen LogP contribution in [-0.2, 0) is 6.54 Å². The maximum absolute atomic E-state index is 12.1. The highest BCUT2D eigenvalue weighted by Crippen LogP contribution is 2.14. The van der Waals surface area contributed by atoms with Gasteiger partial charge in [-0.25, -0.2) is 0 Å². The van der Waals surface area contributed by atoms with Crippen LogP contribution in [-0.4, -0.2) is 21.7 Å². The Hall–Kier alpha value is -1.52. The predicted octanol–water partition coefficient (Wildman–Crippen LogP) is 2.04. The minimum Gasteiger partial charge on any atom is -0.396 e. The Morgan fingerprint density at radius 1 is 1.44 bits per heavy atom. The highest BCUT2D eigenvalue weighted by Gasteiger charge is 2.20. The van der Waals surface area contributed by atoms with E-state index in [9.17, 15) is 4.79 Å². The Bertz CT molecular complexity index is 396. The summed E-state index contributed by atoms with van der Waals surface area (Å²) in [5.74, 6) is 0.308. The summed E-state index contributed by atoms with van der Waals surface area (Å²) in [4.78, 5) is 12.1. The molecule has 1 aromatic heterocycles. The van der Waals surface area contributed by atoms with E-state index in [-0.39, 0.29) is 11.9 Å². The Morgan fingerprint density at radius 3 is 2.50 bits per heavy atom. The Morgan fingerprint density at radius 2 is 2.06 bits per heavy atom. The Balaban J connectivity index is 2.72. The van der Waals surface area contributed by atoms with E-state index in [4.69, 9.17) is 5.73 Å². The molecular weight excluding hydrogens is 228 g/mol. The van der Waals surface area contributed by atoms with Crippen LogP contribution in [0.4, 0.5) is 5.69 Å². The van der Waals surface area contributed by atoms with Crippen LogP contribution in [0.25, 0.3) is 0 Å². The molecule has 0 radical (unpaired) electrons. The van der Waals surface area contributed by atoms with E-state index >= 15 is 0 Å². The number of rotatable bonds is 6. The highest BCUT2D eigenvalue weighted by atomic mass is 16.2. The second kappa shape index (κ2) is 6.42. The van der Waals surface area contributed by atoms with Crippen LogP contribution in [0.15, 0.2) is 6.20 Å². The molecule has 1 heterocycles. The van der Waals surface area contributed by atoms with Gasteiger partial charge in [0, 0.05) is 18.8 Å². The number of nitrogens with one attached hydrogen (secondary N) is 1. The molecule has 0 aromatic carbocycles. The van der Waals surface area contributed by atoms with Gasteiger partial charge in [0.2, 0.25) is 0 Å². The molecule has 0 spiro atoms. The summed E-state index contributed by atoms with van der Waals surface area (Å²) in [7, 11) is 0. The van der Waals surface area contributed by atoms with Crippen molar-refractivity contribution in [3.63, 3.8) is 0 Å². The number of carbonyl (C=O) groups excluding carboxylic acids is 1. The number of anilines is 1. The number of hydrogen-bond acceptors (Lipinski definition) is 3. The summed E-state index contributed by atoms with van der Waals surface area (Å²) in [5.41, 5.74) is 6.56. The molecule has 0 saturated carbocycles. The lowest BCUT2D eigenvalue weighted by atomic mass is 9.95. The fraction of sp³-hybridized carbons (Fsp3) is 0.692. The number of carbonyl (C=O) groups is 1. The van der Waals surface area contributed by atoms with Crippen molar-refractivity contribution >= 4 is 11.6 Å². The molecule has 3 N–H and O–H groups in total. The molecule has 0 bridgehead atoms. The minimum atomic E-state index is -0.181. The molecule has 0 fully saturated rings. The number of amides is 1. The SMILES string of the molecule is CCC(CC)C(C)NC(=O)c1nn(CC)cc1N. The van der Waals surface area contributed by atoms with E-state index < -0.39 is 0 Å². The van der Waals surface area contributed by atoms with Gasteiger partial charge in [-0.2, -0.15) is 5.10 Å². The number of aryl methyl sites for hydroxylation is 1. The molecule has 0 saturated heterocycles. The van der Waals surface area contributed by atoms with Gasteiger partial charge in [0.05, 0.1) is 5.69 Å². The molecule has 1 unspecified atom stereocenters. The van der Waals surface area contributed by atoms with E-state index in [1.54, 1.807) is 10.9 Å². The summed E-state index contributed by atoms with van der Waals surface area (Å²) in [5, 5.41) is 7.15. The lowest BCUT2D eigenvalue weighted by Crippen LogP contribution is -2.38. The fourth-order valence-electron chi connectivity index (χ4n) is 2.16. The van der Waals surface area contributed by atoms with E-state index in [2.05, 4.69) is 24.3 Å². The van der Waals surface area contributed by atoms with Gasteiger partial charge < -0.3 is 11.1 Å². The second-order valence-corrected chi connectivity index (χ2v) is 4.63. The van der Waals surface area contributed by atoms with Gasteiger partial charge in [-0.1, -0.05) is 26.7 Å². The third-order valence-electron chi connectivity index (χ3n) is 3.44. The molecule has 5 heteroatoms. The van der Waals surface area contributed by atoms with E-state index in [1.165, 1.54) is 0 Å². The van der Waals surface area contributed by atoms with Crippen molar-refractivity contribution in [2.24, 2.45) is 5.92 Å². The smallest absolute Gasteiger partial charge is 0.274 e. The number of aromatic nitrogens is 2. The van der Waals surface area contributed by atoms with Crippen LogP contribution in [0.2, 0.25) is 0 Å². The fourth-order valence-corrected chi connectivity index (χ4v) is 2.16. The third-order valence-corrected chi connectivity index (χ3v) is 3.44. The molecule has 1 rings (SSSR count). The maximum atomic E-state index is 12.1. The molecule has 1 atom stereocenters. The number of hydrogen-bond donors (Lipinski definition) is 2. The van der Waals surface area contributed by atoms with Gasteiger partial charge in [-0.05, 0) is 19.8 Å². The second-order valence-electron chi connectivity index (χ2n) is 4.63. The monoisotopic (exact) mass is 252 g/mol. The van der Waals surface area contributed by atoms with Crippen LogP contribution >= 0.6 is 0 Å². The average Bonchev–Trinajstić information content (AvgIpc) is 2.72. The molecule has 102 valence electrons. The summed E-state index contributed by atoms with van der Waals surface area (Å²) >= 11 is 0. The van der Waals surface area contributed by atoms with Crippen LogP contribution in [0.3, 0.4) is 0 Å². The molecule has 0 aliphatic heterocycles. The first-order chi connectivity index (χ1) is 8.53. The first-order valence-electron chi connectivity index (χ1n) is 6.67. The molecular formula is C13H24N4O. The van der Waals surface area contributed by atoms with Crippen molar-refractivity contribution in [1.29, 1.82) is 0 Å². The van der Waals surface area contributed by atoms with Crippen molar-refractivity contribution in [1.82, 2.24) is 15.1 Å². The Labute approximate surface area is 109 Å². The molecule has 0 aliphatic carbocycles. The summed E-state index contributed by atoms with van der Waals surface area (Å²) in [6, 6.07) is 0.138. The maximum Gasteiger partial charge on any atom is 0.274 e. The van der Waals surface area contributed by atoms with Crippen molar-refractivity contribution in [2.45, 2.75) is 53.1 Å². The normalized spacial score (nSPS) is 12.7. The molecule has 0 aliphatic rings. The lowest BCUT2D eigenvalue weighted by Gasteiger charge is -2.22.